The van der Waals surface area contributed by atoms with Crippen molar-refractivity contribution in [1.82, 2.24) is 18.3 Å². The second-order valence-electron chi connectivity index (χ2n) is 18.0. The molecule has 0 radical (unpaired) electrons. The van der Waals surface area contributed by atoms with Crippen LogP contribution in [0.3, 0.4) is 0 Å². The molecular formula is C64H34N8. The normalized spacial score (nSPS) is 11.6. The predicted octanol–water partition coefficient (Wildman–Crippen LogP) is 16.6. The van der Waals surface area contributed by atoms with Gasteiger partial charge in [0.2, 0.25) is 11.4 Å². The highest BCUT2D eigenvalue weighted by Gasteiger charge is 2.34. The van der Waals surface area contributed by atoms with Gasteiger partial charge in [0.25, 0.3) is 0 Å². The molecule has 72 heavy (non-hydrogen) atoms. The number of hydrogen-bond acceptors (Lipinski definition) is 2. The summed E-state index contributed by atoms with van der Waals surface area (Å²) in [6, 6.07) is 74.3. The largest absolute Gasteiger partial charge is 0.318 e. The Hall–Kier alpha value is -10.6. The standard InChI is InChI=1S/C64H34N8/c1-67-49-35-39(37-65)61(69-51-27-11-3-19-41(51)42-20-4-12-28-52(42)69)59(63(49)71-55-31-15-7-23-45(55)46-24-8-16-32-56(46)71)60-62(70-53-29-13-5-21-43(53)44-22-6-14-30-54(44)70)40(38-66)36-50(68-2)64(60)72-57-33-17-9-25-47(57)48-26-10-18-34-58(48)72/h3-36H. The first-order valence-electron chi connectivity index (χ1n) is 23.5. The van der Waals surface area contributed by atoms with Gasteiger partial charge in [0.1, 0.15) is 12.1 Å². The molecular weight excluding hydrogens is 881 g/mol. The van der Waals surface area contributed by atoms with Crippen molar-refractivity contribution < 1.29 is 0 Å². The van der Waals surface area contributed by atoms with Gasteiger partial charge in [-0.15, -0.1) is 0 Å². The van der Waals surface area contributed by atoms with Gasteiger partial charge < -0.3 is 18.3 Å². The average Bonchev–Trinajstić information content (AvgIpc) is 4.17. The number of para-hydroxylation sites is 8. The smallest absolute Gasteiger partial charge is 0.212 e. The van der Waals surface area contributed by atoms with Crippen LogP contribution in [0.15, 0.2) is 206 Å². The molecule has 0 unspecified atom stereocenters. The van der Waals surface area contributed by atoms with Crippen molar-refractivity contribution in [2.45, 2.75) is 0 Å². The summed E-state index contributed by atoms with van der Waals surface area (Å²) in [5.74, 6) is 0. The zero-order valence-electron chi connectivity index (χ0n) is 38.2. The molecule has 0 N–H and O–H groups in total. The Bertz CT molecular complexity index is 4050. The number of nitrogens with zero attached hydrogens (tertiary/aromatic N) is 8. The zero-order valence-corrected chi connectivity index (χ0v) is 38.2. The third-order valence-electron chi connectivity index (χ3n) is 14.5. The molecule has 0 saturated carbocycles. The van der Waals surface area contributed by atoms with E-state index in [1.54, 1.807) is 12.1 Å². The van der Waals surface area contributed by atoms with Gasteiger partial charge >= 0.3 is 0 Å². The summed E-state index contributed by atoms with van der Waals surface area (Å²) in [4.78, 5) is 8.76. The second kappa shape index (κ2) is 15.4. The summed E-state index contributed by atoms with van der Waals surface area (Å²) in [6.07, 6.45) is 0. The highest BCUT2D eigenvalue weighted by atomic mass is 15.1. The van der Waals surface area contributed by atoms with Gasteiger partial charge in [-0.3, -0.25) is 0 Å². The fraction of sp³-hybridized carbons (Fsp3) is 0. The first-order valence-corrected chi connectivity index (χ1v) is 23.5. The van der Waals surface area contributed by atoms with Crippen LogP contribution in [-0.4, -0.2) is 18.3 Å². The molecule has 0 aliphatic carbocycles. The Morgan fingerprint density at radius 2 is 0.486 bits per heavy atom. The lowest BCUT2D eigenvalue weighted by Gasteiger charge is -2.28. The molecule has 4 aromatic heterocycles. The molecule has 4 heterocycles. The van der Waals surface area contributed by atoms with Crippen LogP contribution in [0.1, 0.15) is 11.1 Å². The van der Waals surface area contributed by atoms with Gasteiger partial charge in [-0.2, -0.15) is 10.5 Å². The van der Waals surface area contributed by atoms with E-state index in [0.29, 0.717) is 33.9 Å². The number of rotatable bonds is 5. The Labute approximate surface area is 411 Å². The molecule has 0 bridgehead atoms. The fourth-order valence-electron chi connectivity index (χ4n) is 11.7. The molecule has 0 aliphatic heterocycles. The van der Waals surface area contributed by atoms with Gasteiger partial charge in [0, 0.05) is 54.2 Å². The average molecular weight is 915 g/mol. The second-order valence-corrected chi connectivity index (χ2v) is 18.0. The van der Waals surface area contributed by atoms with Crippen molar-refractivity contribution in [3.63, 3.8) is 0 Å². The maximum absolute atomic E-state index is 11.8. The van der Waals surface area contributed by atoms with E-state index in [1.807, 2.05) is 97.1 Å². The van der Waals surface area contributed by atoms with E-state index in [1.165, 1.54) is 0 Å². The van der Waals surface area contributed by atoms with Gasteiger partial charge in [0.05, 0.1) is 91.2 Å². The lowest BCUT2D eigenvalue weighted by molar-refractivity contribution is 1.10. The Morgan fingerprint density at radius 3 is 0.681 bits per heavy atom. The lowest BCUT2D eigenvalue weighted by atomic mass is 9.90. The Balaban J connectivity index is 1.36. The van der Waals surface area contributed by atoms with Crippen LogP contribution in [0.2, 0.25) is 0 Å². The first-order chi connectivity index (χ1) is 35.6. The van der Waals surface area contributed by atoms with Crippen LogP contribution < -0.4 is 0 Å². The van der Waals surface area contributed by atoms with Crippen molar-refractivity contribution in [2.24, 2.45) is 0 Å². The zero-order chi connectivity index (χ0) is 48.2. The molecule has 330 valence electrons. The fourth-order valence-corrected chi connectivity index (χ4v) is 11.7. The number of fused-ring (bicyclic) bond motifs is 12. The predicted molar refractivity (Wildman–Crippen MR) is 291 cm³/mol. The summed E-state index contributed by atoms with van der Waals surface area (Å²) in [5, 5.41) is 31.5. The van der Waals surface area contributed by atoms with E-state index in [4.69, 9.17) is 0 Å². The van der Waals surface area contributed by atoms with E-state index in [9.17, 15) is 23.7 Å². The lowest BCUT2D eigenvalue weighted by Crippen LogP contribution is -2.12. The van der Waals surface area contributed by atoms with Crippen LogP contribution >= 0.6 is 0 Å². The molecule has 14 aromatic rings. The van der Waals surface area contributed by atoms with Crippen molar-refractivity contribution in [2.75, 3.05) is 0 Å². The van der Waals surface area contributed by atoms with Crippen molar-refractivity contribution in [1.29, 1.82) is 10.5 Å². The summed E-state index contributed by atoms with van der Waals surface area (Å²) >= 11 is 0. The van der Waals surface area contributed by atoms with E-state index in [2.05, 4.69) is 137 Å². The molecule has 10 aromatic carbocycles. The van der Waals surface area contributed by atoms with E-state index < -0.39 is 0 Å². The topological polar surface area (TPSA) is 76.0 Å². The number of nitriles is 2. The highest BCUT2D eigenvalue weighted by Crippen LogP contribution is 2.54. The van der Waals surface area contributed by atoms with Crippen molar-refractivity contribution in [3.8, 4) is 46.0 Å². The summed E-state index contributed by atoms with van der Waals surface area (Å²) < 4.78 is 8.64. The van der Waals surface area contributed by atoms with Crippen LogP contribution in [0.5, 0.6) is 0 Å². The van der Waals surface area contributed by atoms with Crippen LogP contribution in [-0.2, 0) is 0 Å². The molecule has 0 amide bonds. The van der Waals surface area contributed by atoms with E-state index >= 15 is 0 Å². The molecule has 8 nitrogen and oxygen atoms in total. The summed E-state index contributed by atoms with van der Waals surface area (Å²) in [5.41, 5.74) is 10.8. The molecule has 0 aliphatic rings. The van der Waals surface area contributed by atoms with Crippen LogP contribution in [0, 0.1) is 35.8 Å². The highest BCUT2D eigenvalue weighted by molar-refractivity contribution is 6.17. The maximum atomic E-state index is 11.8. The summed E-state index contributed by atoms with van der Waals surface area (Å²) in [6.45, 7) is 18.4. The quantitative estimate of drug-likeness (QED) is 0.161. The summed E-state index contributed by atoms with van der Waals surface area (Å²) in [7, 11) is 0. The minimum absolute atomic E-state index is 0.227. The minimum Gasteiger partial charge on any atom is -0.318 e. The van der Waals surface area contributed by atoms with Gasteiger partial charge in [-0.1, -0.05) is 146 Å². The van der Waals surface area contributed by atoms with Crippen LogP contribution in [0.4, 0.5) is 11.4 Å². The molecule has 14 rings (SSSR count). The SMILES string of the molecule is [C-]#[N+]c1cc(C#N)c(-n2c3ccccc3c3ccccc32)c(-c2c(-n3c4ccccc4c4ccccc43)c(C#N)cc([N+]#[C-])c2-n2c3ccccc3c3ccccc32)c1-n1c2ccccc2c2ccccc21. The Kier molecular flexibility index (Phi) is 8.67. The maximum Gasteiger partial charge on any atom is 0.212 e. The van der Waals surface area contributed by atoms with E-state index in [-0.39, 0.29) is 22.5 Å². The number of benzene rings is 10. The van der Waals surface area contributed by atoms with E-state index in [0.717, 1.165) is 87.2 Å². The van der Waals surface area contributed by atoms with Gasteiger partial charge in [-0.25, -0.2) is 9.69 Å². The molecule has 0 spiro atoms. The third kappa shape index (κ3) is 5.41. The first kappa shape index (κ1) is 40.4. The van der Waals surface area contributed by atoms with Crippen molar-refractivity contribution >= 4 is 98.6 Å². The molecule has 8 heteroatoms. The number of aromatic nitrogens is 4. The molecule has 0 saturated heterocycles. The third-order valence-corrected chi connectivity index (χ3v) is 14.5. The van der Waals surface area contributed by atoms with Gasteiger partial charge in [0.15, 0.2) is 0 Å². The van der Waals surface area contributed by atoms with Crippen molar-refractivity contribution in [3.05, 3.63) is 240 Å². The van der Waals surface area contributed by atoms with Gasteiger partial charge in [-0.05, 0) is 60.7 Å². The number of hydrogen-bond donors (Lipinski definition) is 0. The molecule has 0 fully saturated rings. The minimum atomic E-state index is 0.227. The monoisotopic (exact) mass is 914 g/mol. The van der Waals surface area contributed by atoms with Crippen LogP contribution in [0.25, 0.3) is 131 Å². The molecule has 0 atom stereocenters. The Morgan fingerprint density at radius 1 is 0.292 bits per heavy atom.